The van der Waals surface area contributed by atoms with E-state index in [9.17, 15) is 33.9 Å². The summed E-state index contributed by atoms with van der Waals surface area (Å²) in [5.41, 5.74) is 2.70. The molecule has 1 atom stereocenters. The van der Waals surface area contributed by atoms with Gasteiger partial charge in [-0.25, -0.2) is 4.98 Å². The summed E-state index contributed by atoms with van der Waals surface area (Å²) in [5, 5.41) is 26.6. The van der Waals surface area contributed by atoms with Crippen molar-refractivity contribution >= 4 is 86.0 Å². The third-order valence-electron chi connectivity index (χ3n) is 10.0. The van der Waals surface area contributed by atoms with Crippen LogP contribution in [0, 0.1) is 0 Å². The van der Waals surface area contributed by atoms with Crippen molar-refractivity contribution in [1.82, 2.24) is 30.4 Å². The van der Waals surface area contributed by atoms with Crippen LogP contribution in [-0.2, 0) is 21.4 Å². The van der Waals surface area contributed by atoms with E-state index in [-0.39, 0.29) is 78.1 Å². The summed E-state index contributed by atoms with van der Waals surface area (Å²) in [4.78, 5) is 82.4. The van der Waals surface area contributed by atoms with Crippen molar-refractivity contribution in [2.75, 3.05) is 67.7 Å². The summed E-state index contributed by atoms with van der Waals surface area (Å²) in [7, 11) is 3.60. The number of phenolic OH excluding ortho intramolecular Hbond substituents is 1. The number of fused-ring (bicyclic) bond motifs is 4. The Morgan fingerprint density at radius 2 is 1.60 bits per heavy atom. The Morgan fingerprint density at radius 3 is 2.32 bits per heavy atom. The maximum atomic E-state index is 13.9. The Labute approximate surface area is 350 Å². The fraction of sp³-hybridized carbons (Fsp3) is 0.357. The van der Waals surface area contributed by atoms with Crippen molar-refractivity contribution in [2.45, 2.75) is 39.0 Å². The molecule has 1 unspecified atom stereocenters. The van der Waals surface area contributed by atoms with Gasteiger partial charge in [0, 0.05) is 99.6 Å². The van der Waals surface area contributed by atoms with E-state index in [1.54, 1.807) is 55.6 Å². The summed E-state index contributed by atoms with van der Waals surface area (Å²) in [6, 6.07) is 13.3. The lowest BCUT2D eigenvalue weighted by Crippen LogP contribution is -2.33. The van der Waals surface area contributed by atoms with Gasteiger partial charge in [0.1, 0.15) is 11.3 Å². The molecule has 3 aromatic carbocycles. The van der Waals surface area contributed by atoms with Gasteiger partial charge in [-0.05, 0) is 86.4 Å². The SMILES string of the molecule is CC(=O)Nc1ccc2oc(C(=O)N3CC(CCl)c4c3cc(O)c3ccc(C(=O)NCCCN(C)CCCNC(=O)CCNC(=O)c5nc(NC(C)=O)cn5C)cc43)cc2c1. The number of nitrogens with zero attached hydrogens (tertiary/aromatic N) is 4. The second-order valence-corrected chi connectivity index (χ2v) is 15.1. The largest absolute Gasteiger partial charge is 0.507 e. The number of phenols is 1. The summed E-state index contributed by atoms with van der Waals surface area (Å²) in [6.45, 7) is 5.45. The molecular formula is C42H48ClN9O8. The van der Waals surface area contributed by atoms with E-state index in [4.69, 9.17) is 16.0 Å². The van der Waals surface area contributed by atoms with E-state index >= 15 is 0 Å². The molecule has 1 aliphatic rings. The van der Waals surface area contributed by atoms with E-state index in [0.717, 1.165) is 12.1 Å². The smallest absolute Gasteiger partial charge is 0.294 e. The maximum Gasteiger partial charge on any atom is 0.294 e. The van der Waals surface area contributed by atoms with Gasteiger partial charge in [0.2, 0.25) is 23.5 Å². The van der Waals surface area contributed by atoms with E-state index in [2.05, 4.69) is 36.5 Å². The van der Waals surface area contributed by atoms with Crippen LogP contribution in [-0.4, -0.2) is 107 Å². The number of nitrogens with one attached hydrogen (secondary N) is 5. The van der Waals surface area contributed by atoms with Gasteiger partial charge in [0.15, 0.2) is 11.6 Å². The maximum absolute atomic E-state index is 13.9. The minimum absolute atomic E-state index is 0.0407. The van der Waals surface area contributed by atoms with Crippen LogP contribution in [0.25, 0.3) is 21.7 Å². The van der Waals surface area contributed by atoms with E-state index in [1.165, 1.54) is 29.5 Å². The summed E-state index contributed by atoms with van der Waals surface area (Å²) in [5.74, 6) is -1.49. The van der Waals surface area contributed by atoms with Gasteiger partial charge in [0.05, 0.1) is 5.69 Å². The molecule has 60 heavy (non-hydrogen) atoms. The molecule has 316 valence electrons. The van der Waals surface area contributed by atoms with Gasteiger partial charge in [0.25, 0.3) is 17.7 Å². The molecule has 17 nitrogen and oxygen atoms in total. The molecule has 6 N–H and O–H groups in total. The standard InChI is InChI=1S/C42H48ClN9O8/c1-24(53)47-29-8-10-34-27(17-29)19-35(60-34)42(59)52-22-28(21-43)38-31-18-26(7-9-30(31)33(55)20-32(38)52)40(57)45-13-6-16-50(3)15-5-12-44-37(56)11-14-46-41(58)39-49-36(23-51(39)4)48-25(2)54/h7-10,17-20,23,28,55H,5-6,11-16,21-22H2,1-4H3,(H,44,56)(H,45,57)(H,46,58)(H,47,53)(H,48,54). The molecule has 0 fully saturated rings. The number of alkyl halides is 1. The van der Waals surface area contributed by atoms with Crippen LogP contribution in [0.15, 0.2) is 59.1 Å². The minimum Gasteiger partial charge on any atom is -0.507 e. The van der Waals surface area contributed by atoms with Crippen LogP contribution in [0.3, 0.4) is 0 Å². The molecule has 0 saturated carbocycles. The Balaban J connectivity index is 0.961. The van der Waals surface area contributed by atoms with Crippen LogP contribution in [0.1, 0.15) is 76.1 Å². The van der Waals surface area contributed by atoms with Crippen LogP contribution in [0.4, 0.5) is 17.2 Å². The number of carbonyl (C=O) groups excluding carboxylic acids is 6. The number of hydrogen-bond donors (Lipinski definition) is 6. The third kappa shape index (κ3) is 10.2. The molecule has 1 aliphatic heterocycles. The molecule has 0 spiro atoms. The van der Waals surface area contributed by atoms with Gasteiger partial charge in [-0.3, -0.25) is 28.8 Å². The average molecular weight is 842 g/mol. The normalized spacial score (nSPS) is 13.4. The van der Waals surface area contributed by atoms with Gasteiger partial charge >= 0.3 is 0 Å². The molecule has 0 radical (unpaired) electrons. The number of rotatable bonds is 17. The van der Waals surface area contributed by atoms with Gasteiger partial charge < -0.3 is 50.5 Å². The minimum atomic E-state index is -0.454. The zero-order valence-corrected chi connectivity index (χ0v) is 34.6. The summed E-state index contributed by atoms with van der Waals surface area (Å²) >= 11 is 6.46. The second kappa shape index (κ2) is 19.1. The number of aryl methyl sites for hydroxylation is 1. The first-order valence-corrected chi connectivity index (χ1v) is 20.1. The third-order valence-corrected chi connectivity index (χ3v) is 10.4. The van der Waals surface area contributed by atoms with Crippen molar-refractivity contribution in [3.8, 4) is 5.75 Å². The number of halogens is 1. The molecule has 0 bridgehead atoms. The highest BCUT2D eigenvalue weighted by Crippen LogP contribution is 2.46. The fourth-order valence-electron chi connectivity index (χ4n) is 7.21. The first-order chi connectivity index (χ1) is 28.7. The lowest BCUT2D eigenvalue weighted by Gasteiger charge is -2.17. The highest BCUT2D eigenvalue weighted by molar-refractivity contribution is 6.19. The molecule has 6 amide bonds. The quantitative estimate of drug-likeness (QED) is 0.0576. The number of amides is 6. The number of aromatic nitrogens is 2. The Morgan fingerprint density at radius 1 is 0.883 bits per heavy atom. The predicted molar refractivity (Wildman–Crippen MR) is 228 cm³/mol. The highest BCUT2D eigenvalue weighted by atomic mass is 35.5. The zero-order chi connectivity index (χ0) is 43.1. The lowest BCUT2D eigenvalue weighted by molar-refractivity contribution is -0.121. The Hall–Kier alpha value is -6.46. The number of imidazole rings is 1. The Kier molecular flexibility index (Phi) is 13.7. The van der Waals surface area contributed by atoms with Gasteiger partial charge in [-0.1, -0.05) is 0 Å². The number of anilines is 3. The first-order valence-electron chi connectivity index (χ1n) is 19.5. The Bertz CT molecular complexity index is 2460. The van der Waals surface area contributed by atoms with Crippen LogP contribution < -0.4 is 31.5 Å². The highest BCUT2D eigenvalue weighted by Gasteiger charge is 2.36. The molecule has 0 saturated heterocycles. The van der Waals surface area contributed by atoms with Gasteiger partial charge in [-0.15, -0.1) is 11.6 Å². The molecular weight excluding hydrogens is 794 g/mol. The van der Waals surface area contributed by atoms with E-state index in [1.807, 2.05) is 7.05 Å². The molecule has 0 aliphatic carbocycles. The average Bonchev–Trinajstić information content (AvgIpc) is 3.91. The van der Waals surface area contributed by atoms with Crippen molar-refractivity contribution in [2.24, 2.45) is 7.05 Å². The van der Waals surface area contributed by atoms with E-state index < -0.39 is 11.8 Å². The molecule has 2 aromatic heterocycles. The molecule has 18 heteroatoms. The van der Waals surface area contributed by atoms with Crippen molar-refractivity contribution in [3.05, 3.63) is 77.4 Å². The van der Waals surface area contributed by atoms with Crippen LogP contribution in [0.2, 0.25) is 0 Å². The van der Waals surface area contributed by atoms with Crippen LogP contribution >= 0.6 is 11.6 Å². The van der Waals surface area contributed by atoms with Crippen LogP contribution in [0.5, 0.6) is 5.75 Å². The van der Waals surface area contributed by atoms with Gasteiger partial charge in [-0.2, -0.15) is 0 Å². The van der Waals surface area contributed by atoms with Crippen molar-refractivity contribution in [1.29, 1.82) is 0 Å². The van der Waals surface area contributed by atoms with Crippen molar-refractivity contribution < 1.29 is 38.3 Å². The lowest BCUT2D eigenvalue weighted by atomic mass is 9.94. The number of furan rings is 1. The molecule has 3 heterocycles. The second-order valence-electron chi connectivity index (χ2n) is 14.8. The molecule has 5 aromatic rings. The fourth-order valence-corrected chi connectivity index (χ4v) is 7.47. The van der Waals surface area contributed by atoms with E-state index in [0.29, 0.717) is 71.2 Å². The number of carbonyl (C=O) groups is 6. The first kappa shape index (κ1) is 43.1. The number of benzene rings is 3. The monoisotopic (exact) mass is 841 g/mol. The number of hydrogen-bond acceptors (Lipinski definition) is 10. The summed E-state index contributed by atoms with van der Waals surface area (Å²) < 4.78 is 7.39. The zero-order valence-electron chi connectivity index (χ0n) is 33.8. The van der Waals surface area contributed by atoms with Crippen molar-refractivity contribution in [3.63, 3.8) is 0 Å². The summed E-state index contributed by atoms with van der Waals surface area (Å²) in [6.07, 6.45) is 3.02. The topological polar surface area (TPSA) is 220 Å². The number of aromatic hydroxyl groups is 1. The predicted octanol–water partition coefficient (Wildman–Crippen LogP) is 4.30. The molecule has 6 rings (SSSR count).